The number of aliphatic hydroxyl groups excluding tert-OH is 1. The number of rotatable bonds is 10. The molecule has 4 rings (SSSR count). The normalized spacial score (nSPS) is 19.3. The molecule has 1 fully saturated rings. The number of nitrogens with one attached hydrogen (secondary N) is 2. The molecule has 3 aromatic rings. The Labute approximate surface area is 225 Å². The van der Waals surface area contributed by atoms with E-state index in [1.165, 1.54) is 12.1 Å². The largest absolute Gasteiger partial charge is 0.461 e. The average molecular weight is 571 g/mol. The highest BCUT2D eigenvalue weighted by atomic mass is 19.3. The molecule has 1 aliphatic carbocycles. The van der Waals surface area contributed by atoms with Crippen LogP contribution in [0.5, 0.6) is 5.75 Å². The van der Waals surface area contributed by atoms with Crippen LogP contribution in [0.1, 0.15) is 29.5 Å². The molecule has 0 radical (unpaired) electrons. The molecular weight excluding hydrogens is 545 g/mol. The number of amides is 2. The standard InChI is InChI=1S/C28H25F7N2O3/c29-20-8-6-18(7-9-20)27(15-16-4-2-1-3-5-16,37-26(39)36-22-10-17(11-22)24(31)38)19-12-21(30)14-23(13-19)40-28(34,35)25(32)33/h1-9,12-14,17,22,24-25,38H,10-11,15H2,(H2,36,37,39)/t17?,22?,24-,27-/m1/s1. The summed E-state index contributed by atoms with van der Waals surface area (Å²) < 4.78 is 99.1. The van der Waals surface area contributed by atoms with Crippen molar-refractivity contribution in [3.8, 4) is 5.75 Å². The average Bonchev–Trinajstić information content (AvgIpc) is 2.85. The summed E-state index contributed by atoms with van der Waals surface area (Å²) >= 11 is 0. The van der Waals surface area contributed by atoms with Gasteiger partial charge in [0.15, 0.2) is 6.36 Å². The van der Waals surface area contributed by atoms with Gasteiger partial charge in [-0.25, -0.2) is 18.0 Å². The number of halogens is 7. The van der Waals surface area contributed by atoms with Crippen LogP contribution in [0.3, 0.4) is 0 Å². The topological polar surface area (TPSA) is 70.6 Å². The number of carbonyl (C=O) groups excluding carboxylic acids is 1. The minimum Gasteiger partial charge on any atom is -0.428 e. The lowest BCUT2D eigenvalue weighted by Crippen LogP contribution is -2.56. The van der Waals surface area contributed by atoms with E-state index in [1.807, 2.05) is 0 Å². The van der Waals surface area contributed by atoms with Gasteiger partial charge in [0, 0.05) is 24.4 Å². The van der Waals surface area contributed by atoms with E-state index in [1.54, 1.807) is 30.3 Å². The van der Waals surface area contributed by atoms with Gasteiger partial charge in [-0.3, -0.25) is 0 Å². The van der Waals surface area contributed by atoms with Crippen LogP contribution < -0.4 is 15.4 Å². The Morgan fingerprint density at radius 2 is 1.57 bits per heavy atom. The molecular formula is C28H25F7N2O3. The summed E-state index contributed by atoms with van der Waals surface area (Å²) in [5, 5.41) is 14.4. The maximum atomic E-state index is 14.8. The molecule has 0 bridgehead atoms. The first-order chi connectivity index (χ1) is 18.9. The van der Waals surface area contributed by atoms with E-state index in [2.05, 4.69) is 15.4 Å². The second kappa shape index (κ2) is 11.7. The van der Waals surface area contributed by atoms with Crippen LogP contribution in [0.2, 0.25) is 0 Å². The number of benzene rings is 3. The number of ether oxygens (including phenoxy) is 1. The third kappa shape index (κ3) is 6.67. The number of hydrogen-bond donors (Lipinski definition) is 3. The fourth-order valence-corrected chi connectivity index (χ4v) is 4.69. The van der Waals surface area contributed by atoms with Gasteiger partial charge in [0.1, 0.15) is 17.4 Å². The third-order valence-electron chi connectivity index (χ3n) is 6.75. The predicted octanol–water partition coefficient (Wildman–Crippen LogP) is 6.05. The summed E-state index contributed by atoms with van der Waals surface area (Å²) in [5.74, 6) is -3.35. The number of carbonyl (C=O) groups is 1. The van der Waals surface area contributed by atoms with Gasteiger partial charge >= 0.3 is 18.6 Å². The Balaban J connectivity index is 1.80. The molecule has 1 aliphatic rings. The third-order valence-corrected chi connectivity index (χ3v) is 6.75. The van der Waals surface area contributed by atoms with E-state index in [4.69, 9.17) is 5.11 Å². The quantitative estimate of drug-likeness (QED) is 0.260. The smallest absolute Gasteiger partial charge is 0.428 e. The molecule has 0 unspecified atom stereocenters. The molecule has 5 nitrogen and oxygen atoms in total. The van der Waals surface area contributed by atoms with Crippen molar-refractivity contribution in [2.45, 2.75) is 49.7 Å². The molecule has 0 saturated heterocycles. The SMILES string of the molecule is O=C(NC1CC([C@@H](O)F)C1)N[C@](Cc1ccccc1)(c1ccc(F)cc1)c1cc(F)cc(OC(F)(F)C(F)F)c1. The van der Waals surface area contributed by atoms with Crippen LogP contribution in [-0.4, -0.2) is 36.1 Å². The molecule has 0 spiro atoms. The van der Waals surface area contributed by atoms with Crippen molar-refractivity contribution < 1.29 is 45.4 Å². The van der Waals surface area contributed by atoms with Gasteiger partial charge in [0.2, 0.25) is 0 Å². The molecule has 12 heteroatoms. The van der Waals surface area contributed by atoms with Crippen molar-refractivity contribution in [3.63, 3.8) is 0 Å². The highest BCUT2D eigenvalue weighted by molar-refractivity contribution is 5.76. The summed E-state index contributed by atoms with van der Waals surface area (Å²) in [7, 11) is 0. The molecule has 0 aliphatic heterocycles. The minimum absolute atomic E-state index is 0.114. The van der Waals surface area contributed by atoms with E-state index in [0.29, 0.717) is 11.6 Å². The highest BCUT2D eigenvalue weighted by Crippen LogP contribution is 2.38. The maximum absolute atomic E-state index is 14.8. The Morgan fingerprint density at radius 3 is 2.17 bits per heavy atom. The van der Waals surface area contributed by atoms with E-state index in [-0.39, 0.29) is 30.4 Å². The van der Waals surface area contributed by atoms with Crippen LogP contribution in [0.25, 0.3) is 0 Å². The first-order valence-electron chi connectivity index (χ1n) is 12.2. The van der Waals surface area contributed by atoms with Gasteiger partial charge in [-0.1, -0.05) is 42.5 Å². The van der Waals surface area contributed by atoms with Crippen molar-refractivity contribution in [2.75, 3.05) is 0 Å². The van der Waals surface area contributed by atoms with E-state index < -0.39 is 59.8 Å². The van der Waals surface area contributed by atoms with Crippen molar-refractivity contribution in [1.29, 1.82) is 0 Å². The van der Waals surface area contributed by atoms with Crippen molar-refractivity contribution in [2.24, 2.45) is 5.92 Å². The number of aliphatic hydroxyl groups is 1. The Morgan fingerprint density at radius 1 is 0.925 bits per heavy atom. The van der Waals surface area contributed by atoms with Gasteiger partial charge in [-0.15, -0.1) is 0 Å². The summed E-state index contributed by atoms with van der Waals surface area (Å²) in [6.45, 7) is 0. The molecule has 214 valence electrons. The first kappa shape index (κ1) is 29.2. The number of hydrogen-bond acceptors (Lipinski definition) is 3. The van der Waals surface area contributed by atoms with Gasteiger partial charge < -0.3 is 20.5 Å². The van der Waals surface area contributed by atoms with Gasteiger partial charge in [-0.2, -0.15) is 17.6 Å². The summed E-state index contributed by atoms with van der Waals surface area (Å²) in [6.07, 6.45) is -11.0. The molecule has 3 N–H and O–H groups in total. The van der Waals surface area contributed by atoms with Crippen molar-refractivity contribution in [3.05, 3.63) is 101 Å². The van der Waals surface area contributed by atoms with Crippen molar-refractivity contribution >= 4 is 6.03 Å². The van der Waals surface area contributed by atoms with Crippen LogP contribution >= 0.6 is 0 Å². The molecule has 2 atom stereocenters. The van der Waals surface area contributed by atoms with Gasteiger partial charge in [-0.05, 0) is 53.8 Å². The van der Waals surface area contributed by atoms with E-state index >= 15 is 0 Å². The first-order valence-corrected chi connectivity index (χ1v) is 12.2. The van der Waals surface area contributed by atoms with Crippen LogP contribution in [0.15, 0.2) is 72.8 Å². The predicted molar refractivity (Wildman–Crippen MR) is 131 cm³/mol. The zero-order chi connectivity index (χ0) is 29.1. The molecule has 1 saturated carbocycles. The summed E-state index contributed by atoms with van der Waals surface area (Å²) in [4.78, 5) is 13.2. The van der Waals surface area contributed by atoms with Crippen LogP contribution in [0.4, 0.5) is 35.5 Å². The van der Waals surface area contributed by atoms with E-state index in [0.717, 1.165) is 24.3 Å². The molecule has 2 amide bonds. The van der Waals surface area contributed by atoms with Crippen LogP contribution in [-0.2, 0) is 12.0 Å². The lowest BCUT2D eigenvalue weighted by atomic mass is 9.77. The number of alkyl halides is 5. The van der Waals surface area contributed by atoms with Gasteiger partial charge in [0.05, 0.1) is 5.54 Å². The molecule has 0 aromatic heterocycles. The van der Waals surface area contributed by atoms with Crippen LogP contribution in [0, 0.1) is 17.6 Å². The number of urea groups is 1. The van der Waals surface area contributed by atoms with Gasteiger partial charge in [0.25, 0.3) is 0 Å². The minimum atomic E-state index is -4.93. The maximum Gasteiger partial charge on any atom is 0.461 e. The molecule has 0 heterocycles. The summed E-state index contributed by atoms with van der Waals surface area (Å²) in [6, 6.07) is 14.2. The lowest BCUT2D eigenvalue weighted by molar-refractivity contribution is -0.253. The van der Waals surface area contributed by atoms with Crippen molar-refractivity contribution in [1.82, 2.24) is 10.6 Å². The second-order valence-electron chi connectivity index (χ2n) is 9.61. The molecule has 3 aromatic carbocycles. The summed E-state index contributed by atoms with van der Waals surface area (Å²) in [5.41, 5.74) is -1.14. The fraction of sp³-hybridized carbons (Fsp3) is 0.321. The zero-order valence-corrected chi connectivity index (χ0v) is 20.8. The Hall–Kier alpha value is -3.80. The zero-order valence-electron chi connectivity index (χ0n) is 20.8. The fourth-order valence-electron chi connectivity index (χ4n) is 4.69. The lowest BCUT2D eigenvalue weighted by Gasteiger charge is -2.40. The van der Waals surface area contributed by atoms with E-state index in [9.17, 15) is 35.5 Å². The molecule has 40 heavy (non-hydrogen) atoms. The monoisotopic (exact) mass is 570 g/mol. The Bertz CT molecular complexity index is 1300. The highest BCUT2D eigenvalue weighted by Gasteiger charge is 2.45. The Kier molecular flexibility index (Phi) is 8.57. The second-order valence-corrected chi connectivity index (χ2v) is 9.61.